The van der Waals surface area contributed by atoms with Gasteiger partial charge in [-0.25, -0.2) is 4.98 Å². The highest BCUT2D eigenvalue weighted by atomic mass is 127. The van der Waals surface area contributed by atoms with Gasteiger partial charge in [0.15, 0.2) is 0 Å². The van der Waals surface area contributed by atoms with E-state index in [2.05, 4.69) is 32.9 Å². The molecule has 1 amide bonds. The van der Waals surface area contributed by atoms with Gasteiger partial charge in [0.25, 0.3) is 5.91 Å². The molecule has 0 spiro atoms. The number of rotatable bonds is 2. The van der Waals surface area contributed by atoms with Crippen molar-refractivity contribution in [3.63, 3.8) is 0 Å². The van der Waals surface area contributed by atoms with Gasteiger partial charge in [-0.05, 0) is 46.9 Å². The number of amides is 1. The van der Waals surface area contributed by atoms with Crippen molar-refractivity contribution in [2.24, 2.45) is 0 Å². The van der Waals surface area contributed by atoms with Crippen molar-refractivity contribution in [3.8, 4) is 0 Å². The first-order chi connectivity index (χ1) is 8.56. The van der Waals surface area contributed by atoms with E-state index in [1.807, 2.05) is 24.3 Å². The van der Waals surface area contributed by atoms with Crippen molar-refractivity contribution in [1.82, 2.24) is 4.98 Å². The molecule has 1 aromatic heterocycles. The molecular weight excluding hydrogens is 365 g/mol. The first kappa shape index (κ1) is 13.1. The van der Waals surface area contributed by atoms with Gasteiger partial charge in [-0.3, -0.25) is 4.79 Å². The molecule has 2 rings (SSSR count). The van der Waals surface area contributed by atoms with Crippen LogP contribution in [-0.4, -0.2) is 10.9 Å². The standard InChI is InChI=1S/C12H9ClIN3O/c13-10-5-7(6-11(15)17-10)12(18)16-9-4-2-1-3-8(9)14/h1-6H,(H2,15,17)(H,16,18). The first-order valence-corrected chi connectivity index (χ1v) is 6.51. The van der Waals surface area contributed by atoms with Crippen LogP contribution in [0.3, 0.4) is 0 Å². The van der Waals surface area contributed by atoms with Crippen molar-refractivity contribution in [1.29, 1.82) is 0 Å². The largest absolute Gasteiger partial charge is 0.384 e. The van der Waals surface area contributed by atoms with Gasteiger partial charge in [0, 0.05) is 9.13 Å². The summed E-state index contributed by atoms with van der Waals surface area (Å²) < 4.78 is 0.955. The minimum absolute atomic E-state index is 0.197. The lowest BCUT2D eigenvalue weighted by molar-refractivity contribution is 0.102. The molecule has 1 aromatic carbocycles. The molecule has 0 radical (unpaired) electrons. The summed E-state index contributed by atoms with van der Waals surface area (Å²) in [6.45, 7) is 0. The number of benzene rings is 1. The van der Waals surface area contributed by atoms with Crippen LogP contribution in [0.4, 0.5) is 11.5 Å². The molecule has 0 fully saturated rings. The number of aromatic nitrogens is 1. The molecule has 0 atom stereocenters. The maximum atomic E-state index is 12.0. The third-order valence-electron chi connectivity index (χ3n) is 2.20. The number of nitrogens with one attached hydrogen (secondary N) is 1. The summed E-state index contributed by atoms with van der Waals surface area (Å²) in [6, 6.07) is 10.4. The van der Waals surface area contributed by atoms with E-state index in [1.165, 1.54) is 12.1 Å². The van der Waals surface area contributed by atoms with Crippen LogP contribution in [0.25, 0.3) is 0 Å². The lowest BCUT2D eigenvalue weighted by atomic mass is 10.2. The summed E-state index contributed by atoms with van der Waals surface area (Å²) in [4.78, 5) is 15.8. The molecule has 18 heavy (non-hydrogen) atoms. The second kappa shape index (κ2) is 5.53. The number of nitrogens with two attached hydrogens (primary N) is 1. The van der Waals surface area contributed by atoms with Crippen LogP contribution >= 0.6 is 34.2 Å². The third kappa shape index (κ3) is 3.11. The molecule has 0 aliphatic carbocycles. The minimum Gasteiger partial charge on any atom is -0.384 e. The van der Waals surface area contributed by atoms with Gasteiger partial charge in [-0.15, -0.1) is 0 Å². The second-order valence-electron chi connectivity index (χ2n) is 3.54. The zero-order chi connectivity index (χ0) is 13.1. The average molecular weight is 374 g/mol. The smallest absolute Gasteiger partial charge is 0.255 e. The maximum absolute atomic E-state index is 12.0. The Morgan fingerprint density at radius 3 is 2.72 bits per heavy atom. The van der Waals surface area contributed by atoms with E-state index in [-0.39, 0.29) is 16.9 Å². The molecular formula is C12H9ClIN3O. The monoisotopic (exact) mass is 373 g/mol. The summed E-state index contributed by atoms with van der Waals surface area (Å²) in [5.41, 5.74) is 6.67. The van der Waals surface area contributed by atoms with E-state index < -0.39 is 0 Å². The number of hydrogen-bond donors (Lipinski definition) is 2. The topological polar surface area (TPSA) is 68.0 Å². The number of pyridine rings is 1. The summed E-state index contributed by atoms with van der Waals surface area (Å²) in [5.74, 6) is -0.0504. The Kier molecular flexibility index (Phi) is 4.03. The number of carbonyl (C=O) groups excluding carboxylic acids is 1. The lowest BCUT2D eigenvalue weighted by Crippen LogP contribution is -2.13. The van der Waals surface area contributed by atoms with Crippen LogP contribution in [-0.2, 0) is 0 Å². The van der Waals surface area contributed by atoms with Crippen molar-refractivity contribution >= 4 is 51.6 Å². The highest BCUT2D eigenvalue weighted by molar-refractivity contribution is 14.1. The average Bonchev–Trinajstić information content (AvgIpc) is 2.31. The van der Waals surface area contributed by atoms with Crippen molar-refractivity contribution in [2.45, 2.75) is 0 Å². The zero-order valence-corrected chi connectivity index (χ0v) is 12.1. The molecule has 0 saturated heterocycles. The van der Waals surface area contributed by atoms with Crippen LogP contribution in [0.15, 0.2) is 36.4 Å². The molecule has 92 valence electrons. The number of nitrogens with zero attached hydrogens (tertiary/aromatic N) is 1. The fourth-order valence-corrected chi connectivity index (χ4v) is 2.14. The third-order valence-corrected chi connectivity index (χ3v) is 3.33. The van der Waals surface area contributed by atoms with Crippen LogP contribution in [0.5, 0.6) is 0 Å². The predicted octanol–water partition coefficient (Wildman–Crippen LogP) is 3.17. The maximum Gasteiger partial charge on any atom is 0.255 e. The number of anilines is 2. The van der Waals surface area contributed by atoms with Gasteiger partial charge in [-0.1, -0.05) is 23.7 Å². The van der Waals surface area contributed by atoms with Crippen molar-refractivity contribution < 1.29 is 4.79 Å². The summed E-state index contributed by atoms with van der Waals surface area (Å²) in [5, 5.41) is 2.99. The molecule has 0 aliphatic rings. The summed E-state index contributed by atoms with van der Waals surface area (Å²) in [7, 11) is 0. The number of hydrogen-bond acceptors (Lipinski definition) is 3. The Bertz CT molecular complexity index is 583. The van der Waals surface area contributed by atoms with Crippen LogP contribution in [0.2, 0.25) is 5.15 Å². The van der Waals surface area contributed by atoms with E-state index in [0.29, 0.717) is 5.56 Å². The fraction of sp³-hybridized carbons (Fsp3) is 0. The molecule has 3 N–H and O–H groups in total. The molecule has 0 saturated carbocycles. The zero-order valence-electron chi connectivity index (χ0n) is 9.15. The fourth-order valence-electron chi connectivity index (χ4n) is 1.41. The summed E-state index contributed by atoms with van der Waals surface area (Å²) >= 11 is 7.90. The Morgan fingerprint density at radius 1 is 1.33 bits per heavy atom. The molecule has 0 bridgehead atoms. The van der Waals surface area contributed by atoms with Crippen LogP contribution < -0.4 is 11.1 Å². The number of halogens is 2. The normalized spacial score (nSPS) is 10.1. The van der Waals surface area contributed by atoms with Crippen LogP contribution in [0, 0.1) is 3.57 Å². The lowest BCUT2D eigenvalue weighted by Gasteiger charge is -2.07. The molecule has 0 aliphatic heterocycles. The highest BCUT2D eigenvalue weighted by Gasteiger charge is 2.10. The molecule has 6 heteroatoms. The van der Waals surface area contributed by atoms with Crippen LogP contribution in [0.1, 0.15) is 10.4 Å². The summed E-state index contributed by atoms with van der Waals surface area (Å²) in [6.07, 6.45) is 0. The van der Waals surface area contributed by atoms with Crippen molar-refractivity contribution in [3.05, 3.63) is 50.7 Å². The Labute approximate surface area is 123 Å². The van der Waals surface area contributed by atoms with E-state index >= 15 is 0 Å². The molecule has 1 heterocycles. The molecule has 4 nitrogen and oxygen atoms in total. The first-order valence-electron chi connectivity index (χ1n) is 5.05. The van der Waals surface area contributed by atoms with Gasteiger partial charge >= 0.3 is 0 Å². The predicted molar refractivity (Wildman–Crippen MR) is 80.8 cm³/mol. The highest BCUT2D eigenvalue weighted by Crippen LogP contribution is 2.19. The van der Waals surface area contributed by atoms with Gasteiger partial charge in [0.2, 0.25) is 0 Å². The Morgan fingerprint density at radius 2 is 2.06 bits per heavy atom. The number of para-hydroxylation sites is 1. The molecule has 2 aromatic rings. The SMILES string of the molecule is Nc1cc(C(=O)Nc2ccccc2I)cc(Cl)n1. The van der Waals surface area contributed by atoms with E-state index in [0.717, 1.165) is 9.26 Å². The van der Waals surface area contributed by atoms with Gasteiger partial charge < -0.3 is 11.1 Å². The van der Waals surface area contributed by atoms with Crippen molar-refractivity contribution in [2.75, 3.05) is 11.1 Å². The van der Waals surface area contributed by atoms with E-state index in [4.69, 9.17) is 17.3 Å². The minimum atomic E-state index is -0.268. The van der Waals surface area contributed by atoms with Gasteiger partial charge in [-0.2, -0.15) is 0 Å². The molecule has 0 unspecified atom stereocenters. The Balaban J connectivity index is 2.25. The quantitative estimate of drug-likeness (QED) is 0.627. The van der Waals surface area contributed by atoms with E-state index in [9.17, 15) is 4.79 Å². The number of nitrogen functional groups attached to an aromatic ring is 1. The van der Waals surface area contributed by atoms with Gasteiger partial charge in [0.05, 0.1) is 5.69 Å². The Hall–Kier alpha value is -1.34. The van der Waals surface area contributed by atoms with E-state index in [1.54, 1.807) is 0 Å². The number of carbonyl (C=O) groups is 1. The second-order valence-corrected chi connectivity index (χ2v) is 5.09. The van der Waals surface area contributed by atoms with Gasteiger partial charge in [0.1, 0.15) is 11.0 Å².